The van der Waals surface area contributed by atoms with Gasteiger partial charge in [0.1, 0.15) is 0 Å². The van der Waals surface area contributed by atoms with Gasteiger partial charge in [-0.2, -0.15) is 0 Å². The zero-order chi connectivity index (χ0) is 34.7. The van der Waals surface area contributed by atoms with E-state index in [0.29, 0.717) is 17.5 Å². The topological polar surface area (TPSA) is 51.6 Å². The molecule has 4 heteroatoms. The predicted molar refractivity (Wildman–Crippen MR) is 213 cm³/mol. The molecule has 0 bridgehead atoms. The Bertz CT molecular complexity index is 2590. The highest BCUT2D eigenvalue weighted by Crippen LogP contribution is 2.35. The van der Waals surface area contributed by atoms with Crippen LogP contribution < -0.4 is 0 Å². The van der Waals surface area contributed by atoms with Crippen LogP contribution in [0.1, 0.15) is 0 Å². The molecule has 0 unspecified atom stereocenters. The molecule has 2 aromatic heterocycles. The third-order valence-corrected chi connectivity index (χ3v) is 9.36. The van der Waals surface area contributed by atoms with Crippen LogP contribution in [-0.4, -0.2) is 19.9 Å². The monoisotopic (exact) mass is 664 g/mol. The Morgan fingerprint density at radius 2 is 0.692 bits per heavy atom. The van der Waals surface area contributed by atoms with Gasteiger partial charge in [-0.1, -0.05) is 158 Å². The summed E-state index contributed by atoms with van der Waals surface area (Å²) in [6.45, 7) is 0. The minimum absolute atomic E-state index is 0.598. The number of hydrogen-bond donors (Lipinski definition) is 0. The maximum atomic E-state index is 5.19. The first kappa shape index (κ1) is 31.0. The normalized spacial score (nSPS) is 11.1. The number of pyridine rings is 1. The van der Waals surface area contributed by atoms with Crippen molar-refractivity contribution in [2.45, 2.75) is 0 Å². The molecule has 9 rings (SSSR count). The molecule has 9 aromatic rings. The molecule has 4 nitrogen and oxygen atoms in total. The first-order valence-electron chi connectivity index (χ1n) is 17.4. The Balaban J connectivity index is 1.22. The number of benzene rings is 7. The lowest BCUT2D eigenvalue weighted by atomic mass is 9.96. The molecule has 0 fully saturated rings. The Labute approximate surface area is 302 Å². The molecule has 0 radical (unpaired) electrons. The van der Waals surface area contributed by atoms with E-state index in [1.54, 1.807) is 0 Å². The van der Waals surface area contributed by atoms with Crippen molar-refractivity contribution in [1.82, 2.24) is 19.9 Å². The van der Waals surface area contributed by atoms with Gasteiger partial charge in [-0.25, -0.2) is 15.0 Å². The van der Waals surface area contributed by atoms with Crippen LogP contribution >= 0.6 is 0 Å². The van der Waals surface area contributed by atoms with E-state index in [4.69, 9.17) is 19.9 Å². The van der Waals surface area contributed by atoms with Gasteiger partial charge >= 0.3 is 0 Å². The van der Waals surface area contributed by atoms with Crippen molar-refractivity contribution in [3.63, 3.8) is 0 Å². The molecule has 0 atom stereocenters. The second-order valence-corrected chi connectivity index (χ2v) is 12.7. The number of rotatable bonds is 7. The van der Waals surface area contributed by atoms with E-state index >= 15 is 0 Å². The highest BCUT2D eigenvalue weighted by atomic mass is 15.0. The van der Waals surface area contributed by atoms with Crippen LogP contribution in [0, 0.1) is 0 Å². The van der Waals surface area contributed by atoms with Gasteiger partial charge in [0.15, 0.2) is 17.5 Å². The smallest absolute Gasteiger partial charge is 0.164 e. The molecule has 0 spiro atoms. The second kappa shape index (κ2) is 13.7. The van der Waals surface area contributed by atoms with Crippen molar-refractivity contribution in [1.29, 1.82) is 0 Å². The fourth-order valence-corrected chi connectivity index (χ4v) is 6.71. The highest BCUT2D eigenvalue weighted by Gasteiger charge is 2.16. The molecule has 0 aliphatic heterocycles. The molecular formula is C48H32N4. The van der Waals surface area contributed by atoms with Crippen LogP contribution in [0.5, 0.6) is 0 Å². The predicted octanol–water partition coefficient (Wildman–Crippen LogP) is 12.1. The summed E-state index contributed by atoms with van der Waals surface area (Å²) in [5.74, 6) is 1.82. The van der Waals surface area contributed by atoms with E-state index in [2.05, 4.69) is 164 Å². The van der Waals surface area contributed by atoms with E-state index in [1.165, 1.54) is 0 Å². The van der Waals surface area contributed by atoms with Crippen molar-refractivity contribution >= 4 is 10.8 Å². The number of nitrogens with zero attached hydrogens (tertiary/aromatic N) is 4. The lowest BCUT2D eigenvalue weighted by Crippen LogP contribution is -2.01. The molecule has 0 amide bonds. The zero-order valence-corrected chi connectivity index (χ0v) is 28.3. The Morgan fingerprint density at radius 1 is 0.269 bits per heavy atom. The maximum Gasteiger partial charge on any atom is 0.164 e. The van der Waals surface area contributed by atoms with Crippen molar-refractivity contribution in [3.05, 3.63) is 194 Å². The van der Waals surface area contributed by atoms with Gasteiger partial charge in [-0.15, -0.1) is 0 Å². The minimum Gasteiger partial charge on any atom is -0.256 e. The number of hydrogen-bond acceptors (Lipinski definition) is 4. The van der Waals surface area contributed by atoms with E-state index < -0.39 is 0 Å². The van der Waals surface area contributed by atoms with Crippen LogP contribution in [0.3, 0.4) is 0 Å². The fraction of sp³-hybridized carbons (Fsp3) is 0. The summed E-state index contributed by atoms with van der Waals surface area (Å²) in [7, 11) is 0. The molecule has 0 N–H and O–H groups in total. The largest absolute Gasteiger partial charge is 0.256 e. The van der Waals surface area contributed by atoms with Gasteiger partial charge in [0, 0.05) is 33.8 Å². The van der Waals surface area contributed by atoms with E-state index in [-0.39, 0.29) is 0 Å². The third-order valence-electron chi connectivity index (χ3n) is 9.36. The summed E-state index contributed by atoms with van der Waals surface area (Å²) in [6.07, 6.45) is 1.87. The highest BCUT2D eigenvalue weighted by molar-refractivity contribution is 5.95. The lowest BCUT2D eigenvalue weighted by Gasteiger charge is -2.13. The lowest BCUT2D eigenvalue weighted by molar-refractivity contribution is 1.07. The van der Waals surface area contributed by atoms with E-state index in [9.17, 15) is 0 Å². The zero-order valence-electron chi connectivity index (χ0n) is 28.3. The molecular weight excluding hydrogens is 633 g/mol. The van der Waals surface area contributed by atoms with Gasteiger partial charge in [0.05, 0.1) is 5.69 Å². The molecule has 0 aliphatic carbocycles. The van der Waals surface area contributed by atoms with Crippen LogP contribution in [0.25, 0.3) is 89.6 Å². The van der Waals surface area contributed by atoms with E-state index in [0.717, 1.165) is 72.1 Å². The standard InChI is InChI=1S/C48H32N4/c1-4-13-33(14-5-1)36-23-25-38(26-24-36)46-50-47(40-21-12-20-39(29-40)45-44-22-11-10-19-37(44)27-28-49-45)52-48(51-46)43-31-41(34-15-6-2-7-16-34)30-42(32-43)35-17-8-3-9-18-35/h1-32H. The summed E-state index contributed by atoms with van der Waals surface area (Å²) in [4.78, 5) is 20.3. The van der Waals surface area contributed by atoms with Crippen molar-refractivity contribution < 1.29 is 0 Å². The summed E-state index contributed by atoms with van der Waals surface area (Å²) >= 11 is 0. The molecule has 0 saturated carbocycles. The second-order valence-electron chi connectivity index (χ2n) is 12.7. The molecule has 2 heterocycles. The maximum absolute atomic E-state index is 5.19. The SMILES string of the molecule is c1ccc(-c2ccc(-c3nc(-c4cc(-c5ccccc5)cc(-c5ccccc5)c4)nc(-c4cccc(-c5nccc6ccccc56)c4)n3)cc2)cc1. The number of aromatic nitrogens is 4. The Hall–Kier alpha value is -7.04. The van der Waals surface area contributed by atoms with Crippen molar-refractivity contribution in [3.8, 4) is 78.8 Å². The van der Waals surface area contributed by atoms with E-state index in [1.807, 2.05) is 30.5 Å². The Kier molecular flexibility index (Phi) is 8.16. The fourth-order valence-electron chi connectivity index (χ4n) is 6.71. The number of fused-ring (bicyclic) bond motifs is 1. The Morgan fingerprint density at radius 3 is 1.33 bits per heavy atom. The van der Waals surface area contributed by atoms with Gasteiger partial charge in [0.25, 0.3) is 0 Å². The van der Waals surface area contributed by atoms with Gasteiger partial charge in [-0.3, -0.25) is 4.98 Å². The first-order valence-corrected chi connectivity index (χ1v) is 17.4. The average molecular weight is 665 g/mol. The third kappa shape index (κ3) is 6.26. The van der Waals surface area contributed by atoms with Crippen LogP contribution in [0.15, 0.2) is 194 Å². The summed E-state index contributed by atoms with van der Waals surface area (Å²) < 4.78 is 0. The van der Waals surface area contributed by atoms with Gasteiger partial charge in [0.2, 0.25) is 0 Å². The summed E-state index contributed by atoms with van der Waals surface area (Å²) in [6, 6.07) is 65.1. The van der Waals surface area contributed by atoms with Crippen molar-refractivity contribution in [2.75, 3.05) is 0 Å². The molecule has 244 valence electrons. The van der Waals surface area contributed by atoms with Crippen molar-refractivity contribution in [2.24, 2.45) is 0 Å². The van der Waals surface area contributed by atoms with Crippen LogP contribution in [-0.2, 0) is 0 Å². The summed E-state index contributed by atoms with van der Waals surface area (Å²) in [5.41, 5.74) is 11.4. The molecule has 0 saturated heterocycles. The van der Waals surface area contributed by atoms with Gasteiger partial charge < -0.3 is 0 Å². The first-order chi connectivity index (χ1) is 25.7. The average Bonchev–Trinajstić information content (AvgIpc) is 3.24. The molecule has 52 heavy (non-hydrogen) atoms. The quantitative estimate of drug-likeness (QED) is 0.170. The molecule has 0 aliphatic rings. The van der Waals surface area contributed by atoms with Crippen LogP contribution in [0.2, 0.25) is 0 Å². The molecule has 7 aromatic carbocycles. The van der Waals surface area contributed by atoms with Crippen LogP contribution in [0.4, 0.5) is 0 Å². The minimum atomic E-state index is 0.598. The van der Waals surface area contributed by atoms with Gasteiger partial charge in [-0.05, 0) is 69.1 Å². The summed E-state index contributed by atoms with van der Waals surface area (Å²) in [5, 5.41) is 2.25.